The Morgan fingerprint density at radius 1 is 1.29 bits per heavy atom. The van der Waals surface area contributed by atoms with Crippen molar-refractivity contribution < 1.29 is 4.79 Å². The maximum Gasteiger partial charge on any atom is 0.237 e. The number of carbonyl (C=O) groups is 1. The molecule has 0 radical (unpaired) electrons. The summed E-state index contributed by atoms with van der Waals surface area (Å²) < 4.78 is 2.20. The first-order valence-electron chi connectivity index (χ1n) is 8.21. The highest BCUT2D eigenvalue weighted by Gasteiger charge is 2.25. The number of amides is 1. The second kappa shape index (κ2) is 6.56. The van der Waals surface area contributed by atoms with Crippen LogP contribution in [0.4, 0.5) is 0 Å². The zero-order valence-electron chi connectivity index (χ0n) is 12.8. The van der Waals surface area contributed by atoms with E-state index < -0.39 is 0 Å². The topological polar surface area (TPSA) is 71.8 Å². The van der Waals surface area contributed by atoms with Gasteiger partial charge >= 0.3 is 0 Å². The molecule has 1 aromatic heterocycles. The number of piperidine rings is 1. The molecule has 3 heterocycles. The van der Waals surface area contributed by atoms with E-state index in [4.69, 9.17) is 0 Å². The molecule has 0 saturated carbocycles. The molecule has 116 valence electrons. The molecule has 0 aliphatic carbocycles. The first-order chi connectivity index (χ1) is 10.3. The first kappa shape index (κ1) is 14.5. The summed E-state index contributed by atoms with van der Waals surface area (Å²) in [6.07, 6.45) is 7.81. The average Bonchev–Trinajstić information content (AvgIpc) is 2.77. The predicted octanol–water partition coefficient (Wildman–Crippen LogP) is 1.32. The molecule has 0 spiro atoms. The van der Waals surface area contributed by atoms with Crippen LogP contribution in [0.25, 0.3) is 0 Å². The van der Waals surface area contributed by atoms with Gasteiger partial charge in [-0.15, -0.1) is 10.2 Å². The van der Waals surface area contributed by atoms with Crippen LogP contribution in [0.3, 0.4) is 0 Å². The summed E-state index contributed by atoms with van der Waals surface area (Å²) in [5, 5.41) is 15.0. The average molecular weight is 291 g/mol. The highest BCUT2D eigenvalue weighted by atomic mass is 16.2. The first-order valence-corrected chi connectivity index (χ1v) is 8.21. The van der Waals surface area contributed by atoms with E-state index in [9.17, 15) is 4.79 Å². The largest absolute Gasteiger partial charge is 0.345 e. The molecule has 6 heteroatoms. The summed E-state index contributed by atoms with van der Waals surface area (Å²) >= 11 is 0. The molecule has 1 saturated heterocycles. The maximum absolute atomic E-state index is 12.3. The van der Waals surface area contributed by atoms with Crippen LogP contribution in [0.5, 0.6) is 0 Å². The molecule has 3 rings (SSSR count). The third-order valence-corrected chi connectivity index (χ3v) is 4.51. The molecule has 2 aliphatic heterocycles. The second-order valence-electron chi connectivity index (χ2n) is 6.17. The van der Waals surface area contributed by atoms with Gasteiger partial charge in [0.15, 0.2) is 5.82 Å². The fraction of sp³-hybridized carbons (Fsp3) is 0.800. The lowest BCUT2D eigenvalue weighted by atomic mass is 10.0. The molecule has 0 bridgehead atoms. The molecule has 0 aromatic carbocycles. The quantitative estimate of drug-likeness (QED) is 0.881. The van der Waals surface area contributed by atoms with Crippen LogP contribution in [0.2, 0.25) is 0 Å². The van der Waals surface area contributed by atoms with Crippen LogP contribution in [0.1, 0.15) is 63.1 Å². The minimum Gasteiger partial charge on any atom is -0.345 e. The van der Waals surface area contributed by atoms with Crippen LogP contribution in [0, 0.1) is 0 Å². The number of fused-ring (bicyclic) bond motifs is 1. The molecular formula is C15H25N5O. The van der Waals surface area contributed by atoms with Gasteiger partial charge in [0.1, 0.15) is 5.82 Å². The second-order valence-corrected chi connectivity index (χ2v) is 6.17. The molecule has 2 N–H and O–H groups in total. The third-order valence-electron chi connectivity index (χ3n) is 4.51. The molecule has 2 atom stereocenters. The van der Waals surface area contributed by atoms with Crippen LogP contribution in [-0.2, 0) is 17.8 Å². The van der Waals surface area contributed by atoms with E-state index in [0.717, 1.165) is 50.4 Å². The Morgan fingerprint density at radius 3 is 3.00 bits per heavy atom. The molecule has 21 heavy (non-hydrogen) atoms. The lowest BCUT2D eigenvalue weighted by Gasteiger charge is -2.24. The Bertz CT molecular complexity index is 492. The van der Waals surface area contributed by atoms with Crippen LogP contribution >= 0.6 is 0 Å². The van der Waals surface area contributed by atoms with Gasteiger partial charge in [-0.2, -0.15) is 0 Å². The Balaban J connectivity index is 1.66. The van der Waals surface area contributed by atoms with Crippen LogP contribution < -0.4 is 10.6 Å². The van der Waals surface area contributed by atoms with Gasteiger partial charge in [-0.3, -0.25) is 4.79 Å². The zero-order chi connectivity index (χ0) is 14.7. The molecule has 6 nitrogen and oxygen atoms in total. The molecule has 1 fully saturated rings. The van der Waals surface area contributed by atoms with Crippen LogP contribution in [-0.4, -0.2) is 33.3 Å². The van der Waals surface area contributed by atoms with E-state index in [1.54, 1.807) is 0 Å². The lowest BCUT2D eigenvalue weighted by molar-refractivity contribution is -0.124. The van der Waals surface area contributed by atoms with E-state index in [1.807, 2.05) is 6.92 Å². The van der Waals surface area contributed by atoms with Crippen molar-refractivity contribution in [3.63, 3.8) is 0 Å². The van der Waals surface area contributed by atoms with Gasteiger partial charge < -0.3 is 15.2 Å². The summed E-state index contributed by atoms with van der Waals surface area (Å²) in [4.78, 5) is 12.3. The minimum absolute atomic E-state index is 0.0484. The van der Waals surface area contributed by atoms with Crippen molar-refractivity contribution in [2.24, 2.45) is 0 Å². The van der Waals surface area contributed by atoms with Crippen molar-refractivity contribution in [2.45, 2.75) is 70.5 Å². The monoisotopic (exact) mass is 291 g/mol. The Morgan fingerprint density at radius 2 is 2.19 bits per heavy atom. The molecular weight excluding hydrogens is 266 g/mol. The predicted molar refractivity (Wildman–Crippen MR) is 79.8 cm³/mol. The van der Waals surface area contributed by atoms with Gasteiger partial charge in [0, 0.05) is 13.0 Å². The number of aryl methyl sites for hydroxylation is 1. The summed E-state index contributed by atoms with van der Waals surface area (Å²) in [6.45, 7) is 3.91. The van der Waals surface area contributed by atoms with E-state index >= 15 is 0 Å². The standard InChI is InChI=1S/C15H25N5O/c1-11(17-15(21)12-7-4-5-9-16-12)14-19-18-13-8-3-2-6-10-20(13)14/h11-12,16H,2-10H2,1H3,(H,17,21)/t11?,12-/m0/s1. The minimum atomic E-state index is -0.0828. The summed E-state index contributed by atoms with van der Waals surface area (Å²) in [5.74, 6) is 2.06. The van der Waals surface area contributed by atoms with Gasteiger partial charge in [0.05, 0.1) is 12.1 Å². The smallest absolute Gasteiger partial charge is 0.237 e. The van der Waals surface area contributed by atoms with Gasteiger partial charge in [-0.05, 0) is 39.2 Å². The van der Waals surface area contributed by atoms with E-state index in [2.05, 4.69) is 25.4 Å². The SMILES string of the molecule is CC(NC(=O)[C@@H]1CCCCN1)c1nnc2n1CCCCC2. The maximum atomic E-state index is 12.3. The highest BCUT2D eigenvalue weighted by molar-refractivity contribution is 5.82. The van der Waals surface area contributed by atoms with Gasteiger partial charge in [0.2, 0.25) is 5.91 Å². The van der Waals surface area contributed by atoms with Crippen LogP contribution in [0.15, 0.2) is 0 Å². The summed E-state index contributed by atoms with van der Waals surface area (Å²) in [7, 11) is 0. The fourth-order valence-corrected chi connectivity index (χ4v) is 3.28. The van der Waals surface area contributed by atoms with Crippen molar-refractivity contribution in [1.29, 1.82) is 0 Å². The fourth-order valence-electron chi connectivity index (χ4n) is 3.28. The number of aromatic nitrogens is 3. The van der Waals surface area contributed by atoms with Crippen molar-refractivity contribution in [2.75, 3.05) is 6.54 Å². The van der Waals surface area contributed by atoms with Crippen molar-refractivity contribution in [3.05, 3.63) is 11.6 Å². The Kier molecular flexibility index (Phi) is 4.53. The van der Waals surface area contributed by atoms with Gasteiger partial charge in [-0.25, -0.2) is 0 Å². The van der Waals surface area contributed by atoms with Crippen molar-refractivity contribution in [3.8, 4) is 0 Å². The number of carbonyl (C=O) groups excluding carboxylic acids is 1. The lowest BCUT2D eigenvalue weighted by Crippen LogP contribution is -2.47. The van der Waals surface area contributed by atoms with Gasteiger partial charge in [0.25, 0.3) is 0 Å². The number of nitrogens with one attached hydrogen (secondary N) is 2. The zero-order valence-corrected chi connectivity index (χ0v) is 12.8. The van der Waals surface area contributed by atoms with E-state index in [0.29, 0.717) is 0 Å². The number of hydrogen-bond donors (Lipinski definition) is 2. The summed E-state index contributed by atoms with van der Waals surface area (Å²) in [6, 6.07) is -0.131. The Hall–Kier alpha value is -1.43. The molecule has 1 aromatic rings. The molecule has 1 amide bonds. The highest BCUT2D eigenvalue weighted by Crippen LogP contribution is 2.19. The van der Waals surface area contributed by atoms with Crippen molar-refractivity contribution in [1.82, 2.24) is 25.4 Å². The summed E-state index contributed by atoms with van der Waals surface area (Å²) in [5.41, 5.74) is 0. The molecule has 1 unspecified atom stereocenters. The van der Waals surface area contributed by atoms with Crippen molar-refractivity contribution >= 4 is 5.91 Å². The number of rotatable bonds is 3. The van der Waals surface area contributed by atoms with E-state index in [-0.39, 0.29) is 18.0 Å². The normalized spacial score (nSPS) is 24.0. The van der Waals surface area contributed by atoms with Gasteiger partial charge in [-0.1, -0.05) is 12.8 Å². The third kappa shape index (κ3) is 3.26. The number of hydrogen-bond acceptors (Lipinski definition) is 4. The molecule has 2 aliphatic rings. The van der Waals surface area contributed by atoms with E-state index in [1.165, 1.54) is 19.3 Å². The number of nitrogens with zero attached hydrogens (tertiary/aromatic N) is 3. The Labute approximate surface area is 125 Å².